The van der Waals surface area contributed by atoms with Crippen LogP contribution >= 0.6 is 54.5 Å². The van der Waals surface area contributed by atoms with Crippen LogP contribution in [0.15, 0.2) is 58.3 Å². The third kappa shape index (κ3) is 7.82. The largest absolute Gasteiger partial charge is 0.488 e. The summed E-state index contributed by atoms with van der Waals surface area (Å²) < 4.78 is 18.3. The maximum Gasteiger partial charge on any atom is 0.179 e. The zero-order valence-corrected chi connectivity index (χ0v) is 28.4. The average Bonchev–Trinajstić information content (AvgIpc) is 2.97. The minimum atomic E-state index is 0.0200. The number of nitrogens with zero attached hydrogens (tertiary/aromatic N) is 4. The van der Waals surface area contributed by atoms with Crippen molar-refractivity contribution in [3.63, 3.8) is 0 Å². The number of aromatic nitrogens is 4. The van der Waals surface area contributed by atoms with Crippen LogP contribution in [-0.2, 0) is 0 Å². The van der Waals surface area contributed by atoms with Crippen molar-refractivity contribution >= 4 is 76.3 Å². The van der Waals surface area contributed by atoms with Crippen LogP contribution in [0.5, 0.6) is 17.2 Å². The number of aliphatic hydroxyl groups is 1. The molecule has 1 aliphatic rings. The van der Waals surface area contributed by atoms with Gasteiger partial charge in [0.1, 0.15) is 29.0 Å². The van der Waals surface area contributed by atoms with E-state index in [1.54, 1.807) is 18.5 Å². The molecular weight excluding hydrogens is 767 g/mol. The molecule has 8 nitrogen and oxygen atoms in total. The number of aliphatic hydroxyl groups excluding tert-OH is 1. The van der Waals surface area contributed by atoms with Crippen molar-refractivity contribution in [2.45, 2.75) is 27.7 Å². The van der Waals surface area contributed by atoms with Crippen molar-refractivity contribution < 1.29 is 19.3 Å². The fourth-order valence-electron chi connectivity index (χ4n) is 3.97. The minimum Gasteiger partial charge on any atom is -0.488 e. The summed E-state index contributed by atoms with van der Waals surface area (Å²) >= 11 is 8.64. The lowest BCUT2D eigenvalue weighted by Crippen LogP contribution is -2.15. The molecule has 4 aromatic heterocycles. The van der Waals surface area contributed by atoms with Crippen LogP contribution in [0.1, 0.15) is 22.3 Å². The molecule has 1 N–H and O–H groups in total. The Bertz CT molecular complexity index is 1620. The molecule has 0 saturated carbocycles. The second-order valence-electron chi connectivity index (χ2n) is 9.15. The standard InChI is InChI=1S/C16H16N2.C7H7BrINO2.C7H6BrNO2/c1-9-7-17-15-13(11(9)3)5-6-14-12(4)10(2)8-18-16(14)15;8-7-3-5(9)6(4-10-7)12-2-1-11;8-7-3-5-6(4-9-7)11-2-1-10-5/h5-8H,1-4H3;3-4,11H,1-2H2;3-4H,1-2H2. The number of aryl methyl sites for hydroxylation is 4. The second kappa shape index (κ2) is 14.5. The van der Waals surface area contributed by atoms with E-state index in [0.717, 1.165) is 35.3 Å². The molecule has 0 atom stereocenters. The van der Waals surface area contributed by atoms with Crippen LogP contribution in [0.3, 0.4) is 0 Å². The maximum absolute atomic E-state index is 8.52. The molecule has 11 heteroatoms. The summed E-state index contributed by atoms with van der Waals surface area (Å²) in [5, 5.41) is 10.9. The number of pyridine rings is 4. The minimum absolute atomic E-state index is 0.0200. The number of hydrogen-bond donors (Lipinski definition) is 1. The first-order valence-electron chi connectivity index (χ1n) is 12.8. The first kappa shape index (κ1) is 31.3. The number of ether oxygens (including phenoxy) is 3. The number of rotatable bonds is 3. The maximum atomic E-state index is 8.52. The van der Waals surface area contributed by atoms with E-state index < -0.39 is 0 Å². The molecule has 0 aliphatic carbocycles. The van der Waals surface area contributed by atoms with Gasteiger partial charge in [-0.25, -0.2) is 9.97 Å². The highest BCUT2D eigenvalue weighted by atomic mass is 127. The van der Waals surface area contributed by atoms with E-state index in [1.165, 1.54) is 33.0 Å². The van der Waals surface area contributed by atoms with Gasteiger partial charge in [0.25, 0.3) is 0 Å². The molecule has 0 radical (unpaired) electrons. The Kier molecular flexibility index (Phi) is 11.1. The second-order valence-corrected chi connectivity index (χ2v) is 11.9. The zero-order chi connectivity index (χ0) is 29.5. The van der Waals surface area contributed by atoms with Gasteiger partial charge in [-0.3, -0.25) is 9.97 Å². The van der Waals surface area contributed by atoms with Gasteiger partial charge in [-0.2, -0.15) is 0 Å². The lowest BCUT2D eigenvalue weighted by Gasteiger charge is -2.17. The van der Waals surface area contributed by atoms with E-state index in [0.29, 0.717) is 25.6 Å². The molecule has 0 fully saturated rings. The topological polar surface area (TPSA) is 99.5 Å². The summed E-state index contributed by atoms with van der Waals surface area (Å²) in [6, 6.07) is 7.99. The fourth-order valence-corrected chi connectivity index (χ4v) is 5.63. The third-order valence-electron chi connectivity index (χ3n) is 6.45. The molecule has 1 aromatic carbocycles. The average molecular weight is 796 g/mol. The van der Waals surface area contributed by atoms with Crippen LogP contribution in [0.4, 0.5) is 0 Å². The summed E-state index contributed by atoms with van der Waals surface area (Å²) in [5.74, 6) is 2.19. The lowest BCUT2D eigenvalue weighted by molar-refractivity contribution is 0.170. The smallest absolute Gasteiger partial charge is 0.179 e. The zero-order valence-electron chi connectivity index (χ0n) is 23.0. The number of benzene rings is 1. The van der Waals surface area contributed by atoms with Crippen molar-refractivity contribution in [3.8, 4) is 17.2 Å². The number of fused-ring (bicyclic) bond motifs is 4. The van der Waals surface area contributed by atoms with Gasteiger partial charge in [-0.05, 0) is 110 Å². The molecule has 6 rings (SSSR count). The Hall–Kier alpha value is -2.61. The predicted molar refractivity (Wildman–Crippen MR) is 176 cm³/mol. The normalized spacial score (nSPS) is 11.8. The molecule has 0 bridgehead atoms. The van der Waals surface area contributed by atoms with E-state index in [2.05, 4.69) is 114 Å². The molecule has 0 amide bonds. The Morgan fingerprint density at radius 1 is 0.780 bits per heavy atom. The summed E-state index contributed by atoms with van der Waals surface area (Å²) in [6.07, 6.45) is 7.15. The fraction of sp³-hybridized carbons (Fsp3) is 0.267. The van der Waals surface area contributed by atoms with E-state index >= 15 is 0 Å². The summed E-state index contributed by atoms with van der Waals surface area (Å²) in [6.45, 7) is 10.0. The van der Waals surface area contributed by atoms with Gasteiger partial charge in [0.2, 0.25) is 0 Å². The quantitative estimate of drug-likeness (QED) is 0.114. The van der Waals surface area contributed by atoms with Crippen LogP contribution in [0, 0.1) is 31.3 Å². The highest BCUT2D eigenvalue weighted by Gasteiger charge is 2.11. The van der Waals surface area contributed by atoms with Crippen molar-refractivity contribution in [1.29, 1.82) is 0 Å². The van der Waals surface area contributed by atoms with Crippen LogP contribution < -0.4 is 14.2 Å². The Balaban J connectivity index is 0.000000148. The van der Waals surface area contributed by atoms with Crippen LogP contribution in [0.2, 0.25) is 0 Å². The Morgan fingerprint density at radius 2 is 1.32 bits per heavy atom. The van der Waals surface area contributed by atoms with E-state index in [4.69, 9.17) is 19.3 Å². The van der Waals surface area contributed by atoms with Crippen molar-refractivity contribution in [1.82, 2.24) is 19.9 Å². The first-order valence-corrected chi connectivity index (χ1v) is 15.4. The first-order chi connectivity index (χ1) is 19.7. The summed E-state index contributed by atoms with van der Waals surface area (Å²) in [5.41, 5.74) is 7.07. The molecule has 0 saturated heterocycles. The van der Waals surface area contributed by atoms with Gasteiger partial charge in [-0.15, -0.1) is 0 Å². The highest BCUT2D eigenvalue weighted by molar-refractivity contribution is 14.1. The summed E-state index contributed by atoms with van der Waals surface area (Å²) in [4.78, 5) is 17.2. The Morgan fingerprint density at radius 3 is 1.88 bits per heavy atom. The van der Waals surface area contributed by atoms with Crippen molar-refractivity contribution in [2.24, 2.45) is 0 Å². The third-order valence-corrected chi connectivity index (χ3v) is 8.16. The SMILES string of the molecule is Brc1cc2c(cn1)OCCO2.Cc1cnc2c(ccc3c(C)c(C)cnc32)c1C.OCCOc1cnc(Br)cc1I. The molecule has 214 valence electrons. The van der Waals surface area contributed by atoms with Crippen LogP contribution in [-0.4, -0.2) is 51.5 Å². The van der Waals surface area contributed by atoms with Crippen molar-refractivity contribution in [3.05, 3.63) is 84.1 Å². The highest BCUT2D eigenvalue weighted by Crippen LogP contribution is 2.31. The van der Waals surface area contributed by atoms with E-state index in [9.17, 15) is 0 Å². The molecule has 5 aromatic rings. The molecule has 41 heavy (non-hydrogen) atoms. The summed E-state index contributed by atoms with van der Waals surface area (Å²) in [7, 11) is 0. The van der Waals surface area contributed by atoms with Gasteiger partial charge < -0.3 is 19.3 Å². The monoisotopic (exact) mass is 794 g/mol. The van der Waals surface area contributed by atoms with Gasteiger partial charge in [0, 0.05) is 29.2 Å². The number of hydrogen-bond acceptors (Lipinski definition) is 8. The molecule has 0 spiro atoms. The van der Waals surface area contributed by atoms with Gasteiger partial charge in [0.15, 0.2) is 17.2 Å². The van der Waals surface area contributed by atoms with E-state index in [-0.39, 0.29) is 6.61 Å². The van der Waals surface area contributed by atoms with Gasteiger partial charge in [-0.1, -0.05) is 12.1 Å². The van der Waals surface area contributed by atoms with Crippen LogP contribution in [0.25, 0.3) is 21.8 Å². The molecule has 5 heterocycles. The molecule has 0 unspecified atom stereocenters. The van der Waals surface area contributed by atoms with E-state index in [1.807, 2.05) is 18.5 Å². The lowest BCUT2D eigenvalue weighted by atomic mass is 10.0. The predicted octanol–water partition coefficient (Wildman–Crippen LogP) is 7.45. The molecular formula is C30H29Br2IN4O4. The number of halogens is 3. The Labute approximate surface area is 269 Å². The molecule has 1 aliphatic heterocycles. The van der Waals surface area contributed by atoms with Gasteiger partial charge >= 0.3 is 0 Å². The van der Waals surface area contributed by atoms with Gasteiger partial charge in [0.05, 0.1) is 33.6 Å². The van der Waals surface area contributed by atoms with Crippen molar-refractivity contribution in [2.75, 3.05) is 26.4 Å².